The minimum Gasteiger partial charge on any atom is -0.348 e. The van der Waals surface area contributed by atoms with Gasteiger partial charge in [-0.05, 0) is 54.7 Å². The van der Waals surface area contributed by atoms with Gasteiger partial charge in [-0.3, -0.25) is 0 Å². The van der Waals surface area contributed by atoms with Crippen LogP contribution in [-0.2, 0) is 0 Å². The van der Waals surface area contributed by atoms with Crippen molar-refractivity contribution in [3.05, 3.63) is 76.1 Å². The molecule has 2 atom stereocenters. The van der Waals surface area contributed by atoms with Gasteiger partial charge in [-0.15, -0.1) is 0 Å². The minimum atomic E-state index is 0.119. The van der Waals surface area contributed by atoms with Crippen molar-refractivity contribution in [2.45, 2.75) is 32.4 Å². The van der Waals surface area contributed by atoms with E-state index in [1.54, 1.807) is 6.33 Å². The Morgan fingerprint density at radius 3 is 2.75 bits per heavy atom. The first-order valence-corrected chi connectivity index (χ1v) is 8.48. The van der Waals surface area contributed by atoms with Gasteiger partial charge in [0, 0.05) is 5.02 Å². The molecule has 1 aliphatic heterocycles. The Morgan fingerprint density at radius 1 is 1.08 bits per heavy atom. The molecular weight excluding hydrogens is 320 g/mol. The standard InChI is InChI=1S/C19H19ClN4/c1-12-6-7-14(8-13(12)2)17-10-18(15-4-3-5-16(20)9-15)24-19(23-17)21-11-22-24/h3-9,11,17-18H,10H2,1-2H3,(H,21,22,23)/t17-,18+/m1/s1. The van der Waals surface area contributed by atoms with Crippen molar-refractivity contribution < 1.29 is 0 Å². The summed E-state index contributed by atoms with van der Waals surface area (Å²) in [6.07, 6.45) is 2.50. The summed E-state index contributed by atoms with van der Waals surface area (Å²) < 4.78 is 1.95. The molecule has 0 saturated heterocycles. The highest BCUT2D eigenvalue weighted by Crippen LogP contribution is 2.38. The molecule has 3 aromatic rings. The summed E-state index contributed by atoms with van der Waals surface area (Å²) in [5.74, 6) is 0.800. The second-order valence-electron chi connectivity index (χ2n) is 6.38. The van der Waals surface area contributed by atoms with Gasteiger partial charge in [0.2, 0.25) is 5.95 Å². The molecule has 4 nitrogen and oxygen atoms in total. The monoisotopic (exact) mass is 338 g/mol. The number of rotatable bonds is 2. The lowest BCUT2D eigenvalue weighted by Gasteiger charge is -2.32. The number of anilines is 1. The number of fused-ring (bicyclic) bond motifs is 1. The van der Waals surface area contributed by atoms with Crippen LogP contribution < -0.4 is 5.32 Å². The van der Waals surface area contributed by atoms with E-state index in [9.17, 15) is 0 Å². The zero-order valence-electron chi connectivity index (χ0n) is 13.7. The third-order valence-electron chi connectivity index (χ3n) is 4.80. The Balaban J connectivity index is 1.74. The summed E-state index contributed by atoms with van der Waals surface area (Å²) in [5, 5.41) is 8.66. The van der Waals surface area contributed by atoms with Crippen LogP contribution in [0, 0.1) is 13.8 Å². The number of hydrogen-bond donors (Lipinski definition) is 1. The van der Waals surface area contributed by atoms with Crippen molar-refractivity contribution >= 4 is 17.5 Å². The summed E-state index contributed by atoms with van der Waals surface area (Å²) in [5.41, 5.74) is 5.05. The SMILES string of the molecule is Cc1ccc([C@H]2C[C@@H](c3cccc(Cl)c3)n3ncnc3N2)cc1C. The lowest BCUT2D eigenvalue weighted by molar-refractivity contribution is 0.431. The van der Waals surface area contributed by atoms with E-state index >= 15 is 0 Å². The molecule has 1 N–H and O–H groups in total. The van der Waals surface area contributed by atoms with E-state index in [0.717, 1.165) is 23.0 Å². The Bertz CT molecular complexity index is 887. The van der Waals surface area contributed by atoms with Crippen LogP contribution in [0.4, 0.5) is 5.95 Å². The van der Waals surface area contributed by atoms with Crippen molar-refractivity contribution in [2.75, 3.05) is 5.32 Å². The Hall–Kier alpha value is -2.33. The van der Waals surface area contributed by atoms with E-state index < -0.39 is 0 Å². The predicted molar refractivity (Wildman–Crippen MR) is 96.5 cm³/mol. The van der Waals surface area contributed by atoms with Crippen molar-refractivity contribution in [1.29, 1.82) is 0 Å². The van der Waals surface area contributed by atoms with Gasteiger partial charge in [-0.1, -0.05) is 41.9 Å². The van der Waals surface area contributed by atoms with Gasteiger partial charge >= 0.3 is 0 Å². The Kier molecular flexibility index (Phi) is 3.77. The highest BCUT2D eigenvalue weighted by molar-refractivity contribution is 6.30. The Labute approximate surface area is 146 Å². The largest absolute Gasteiger partial charge is 0.348 e. The van der Waals surface area contributed by atoms with Gasteiger partial charge in [-0.25, -0.2) is 4.68 Å². The number of benzene rings is 2. The van der Waals surface area contributed by atoms with Crippen molar-refractivity contribution in [2.24, 2.45) is 0 Å². The second kappa shape index (κ2) is 5.95. The van der Waals surface area contributed by atoms with Crippen LogP contribution in [0.25, 0.3) is 0 Å². The average Bonchev–Trinajstić information content (AvgIpc) is 3.05. The molecule has 0 spiro atoms. The Morgan fingerprint density at radius 2 is 1.96 bits per heavy atom. The average molecular weight is 339 g/mol. The van der Waals surface area contributed by atoms with E-state index in [0.29, 0.717) is 0 Å². The number of aromatic nitrogens is 3. The molecule has 5 heteroatoms. The van der Waals surface area contributed by atoms with E-state index in [-0.39, 0.29) is 12.1 Å². The molecule has 1 aliphatic rings. The molecule has 0 saturated carbocycles. The maximum absolute atomic E-state index is 6.20. The van der Waals surface area contributed by atoms with Crippen molar-refractivity contribution in [1.82, 2.24) is 14.8 Å². The number of nitrogens with zero attached hydrogens (tertiary/aromatic N) is 3. The molecule has 24 heavy (non-hydrogen) atoms. The number of aryl methyl sites for hydroxylation is 2. The van der Waals surface area contributed by atoms with Crippen LogP contribution >= 0.6 is 11.6 Å². The fourth-order valence-corrected chi connectivity index (χ4v) is 3.51. The number of hydrogen-bond acceptors (Lipinski definition) is 3. The van der Waals surface area contributed by atoms with Crippen LogP contribution in [-0.4, -0.2) is 14.8 Å². The third kappa shape index (κ3) is 2.67. The first-order chi connectivity index (χ1) is 11.6. The van der Waals surface area contributed by atoms with Crippen LogP contribution in [0.15, 0.2) is 48.8 Å². The molecule has 0 unspecified atom stereocenters. The predicted octanol–water partition coefficient (Wildman–Crippen LogP) is 4.69. The molecule has 0 bridgehead atoms. The first-order valence-electron chi connectivity index (χ1n) is 8.10. The molecule has 4 rings (SSSR count). The van der Waals surface area contributed by atoms with Gasteiger partial charge in [0.05, 0.1) is 12.1 Å². The number of halogens is 1. The molecule has 0 aliphatic carbocycles. The van der Waals surface area contributed by atoms with E-state index in [2.05, 4.69) is 53.5 Å². The third-order valence-corrected chi connectivity index (χ3v) is 5.03. The second-order valence-corrected chi connectivity index (χ2v) is 6.81. The minimum absolute atomic E-state index is 0.119. The first kappa shape index (κ1) is 15.2. The van der Waals surface area contributed by atoms with Gasteiger partial charge in [0.15, 0.2) is 0 Å². The smallest absolute Gasteiger partial charge is 0.222 e. The lowest BCUT2D eigenvalue weighted by atomic mass is 9.92. The maximum atomic E-state index is 6.20. The summed E-state index contributed by atoms with van der Waals surface area (Å²) in [7, 11) is 0. The van der Waals surface area contributed by atoms with Crippen LogP contribution in [0.2, 0.25) is 5.02 Å². The zero-order valence-corrected chi connectivity index (χ0v) is 14.5. The lowest BCUT2D eigenvalue weighted by Crippen LogP contribution is -2.28. The molecular formula is C19H19ClN4. The van der Waals surface area contributed by atoms with Gasteiger partial charge in [0.25, 0.3) is 0 Å². The topological polar surface area (TPSA) is 42.7 Å². The van der Waals surface area contributed by atoms with Gasteiger partial charge in [-0.2, -0.15) is 10.1 Å². The van der Waals surface area contributed by atoms with Crippen LogP contribution in [0.5, 0.6) is 0 Å². The summed E-state index contributed by atoms with van der Waals surface area (Å²) in [4.78, 5) is 4.38. The fourth-order valence-electron chi connectivity index (χ4n) is 3.31. The molecule has 122 valence electrons. The molecule has 0 fully saturated rings. The fraction of sp³-hybridized carbons (Fsp3) is 0.263. The van der Waals surface area contributed by atoms with E-state index in [4.69, 9.17) is 11.6 Å². The maximum Gasteiger partial charge on any atom is 0.222 e. The molecule has 2 aromatic carbocycles. The van der Waals surface area contributed by atoms with Crippen LogP contribution in [0.1, 0.15) is 40.8 Å². The summed E-state index contributed by atoms with van der Waals surface area (Å²) >= 11 is 6.20. The normalized spacial score (nSPS) is 19.6. The summed E-state index contributed by atoms with van der Waals surface area (Å²) in [6, 6.07) is 15.0. The van der Waals surface area contributed by atoms with Gasteiger partial charge in [0.1, 0.15) is 6.33 Å². The summed E-state index contributed by atoms with van der Waals surface area (Å²) in [6.45, 7) is 4.29. The quantitative estimate of drug-likeness (QED) is 0.736. The van der Waals surface area contributed by atoms with Crippen molar-refractivity contribution in [3.63, 3.8) is 0 Å². The number of nitrogens with one attached hydrogen (secondary N) is 1. The van der Waals surface area contributed by atoms with E-state index in [1.165, 1.54) is 16.7 Å². The molecule has 0 amide bonds. The van der Waals surface area contributed by atoms with Crippen molar-refractivity contribution in [3.8, 4) is 0 Å². The highest BCUT2D eigenvalue weighted by atomic mass is 35.5. The highest BCUT2D eigenvalue weighted by Gasteiger charge is 2.30. The van der Waals surface area contributed by atoms with Crippen LogP contribution in [0.3, 0.4) is 0 Å². The zero-order chi connectivity index (χ0) is 16.7. The molecule has 0 radical (unpaired) electrons. The molecule has 2 heterocycles. The van der Waals surface area contributed by atoms with Gasteiger partial charge < -0.3 is 5.32 Å². The molecule has 1 aromatic heterocycles. The van der Waals surface area contributed by atoms with E-state index in [1.807, 2.05) is 22.9 Å².